The Bertz CT molecular complexity index is 724. The summed E-state index contributed by atoms with van der Waals surface area (Å²) in [4.78, 5) is 12.1. The van der Waals surface area contributed by atoms with Crippen molar-refractivity contribution in [1.82, 2.24) is 0 Å². The Morgan fingerprint density at radius 3 is 2.43 bits per heavy atom. The topological polar surface area (TPSA) is 107 Å². The molecule has 0 saturated heterocycles. The van der Waals surface area contributed by atoms with Crippen LogP contribution in [0.3, 0.4) is 0 Å². The maximum atomic E-state index is 12.1. The Kier molecular flexibility index (Phi) is 2.95. The second-order valence-corrected chi connectivity index (χ2v) is 4.78. The van der Waals surface area contributed by atoms with Crippen LogP contribution in [0.2, 0.25) is 0 Å². The van der Waals surface area contributed by atoms with Gasteiger partial charge in [0.15, 0.2) is 29.5 Å². The fourth-order valence-corrected chi connectivity index (χ4v) is 2.28. The molecular weight excluding hydrogens is 276 g/mol. The second-order valence-electron chi connectivity index (χ2n) is 4.78. The molecule has 6 heteroatoms. The molecule has 1 unspecified atom stereocenters. The summed E-state index contributed by atoms with van der Waals surface area (Å²) in [5, 5.41) is 38.3. The van der Waals surface area contributed by atoms with Crippen LogP contribution in [-0.4, -0.2) is 32.3 Å². The first kappa shape index (κ1) is 13.3. The smallest absolute Gasteiger partial charge is 0.199 e. The molecule has 0 bridgehead atoms. The molecule has 0 radical (unpaired) electrons. The molecule has 108 valence electrons. The van der Waals surface area contributed by atoms with Crippen LogP contribution in [0.4, 0.5) is 0 Å². The zero-order valence-electron chi connectivity index (χ0n) is 10.7. The van der Waals surface area contributed by atoms with Crippen molar-refractivity contribution in [2.45, 2.75) is 12.2 Å². The number of carbonyl (C=O) groups is 1. The Hall–Kier alpha value is -2.73. The lowest BCUT2D eigenvalue weighted by Crippen LogP contribution is -2.36. The van der Waals surface area contributed by atoms with Crippen molar-refractivity contribution in [2.24, 2.45) is 0 Å². The van der Waals surface area contributed by atoms with E-state index in [0.29, 0.717) is 5.56 Å². The fraction of sp³-hybridized carbons (Fsp3) is 0.133. The van der Waals surface area contributed by atoms with Gasteiger partial charge in [-0.05, 0) is 29.8 Å². The molecule has 6 nitrogen and oxygen atoms in total. The van der Waals surface area contributed by atoms with E-state index in [4.69, 9.17) is 4.74 Å². The van der Waals surface area contributed by atoms with Crippen molar-refractivity contribution < 1.29 is 30.0 Å². The number of phenolic OH excluding ortho intramolecular Hbond substituents is 3. The van der Waals surface area contributed by atoms with Crippen LogP contribution in [0.15, 0.2) is 36.4 Å². The van der Waals surface area contributed by atoms with Crippen LogP contribution >= 0.6 is 0 Å². The predicted molar refractivity (Wildman–Crippen MR) is 71.6 cm³/mol. The first-order valence-corrected chi connectivity index (χ1v) is 6.21. The lowest BCUT2D eigenvalue weighted by molar-refractivity contribution is 0.0215. The van der Waals surface area contributed by atoms with Gasteiger partial charge < -0.3 is 25.2 Å². The number of aromatic hydroxyl groups is 3. The van der Waals surface area contributed by atoms with E-state index in [1.165, 1.54) is 36.4 Å². The van der Waals surface area contributed by atoms with Crippen molar-refractivity contribution in [3.05, 3.63) is 47.5 Å². The molecule has 0 spiro atoms. The zero-order chi connectivity index (χ0) is 15.1. The van der Waals surface area contributed by atoms with Gasteiger partial charge in [-0.25, -0.2) is 0 Å². The van der Waals surface area contributed by atoms with Gasteiger partial charge in [0.1, 0.15) is 11.5 Å². The molecule has 2 atom stereocenters. The molecule has 0 saturated carbocycles. The Morgan fingerprint density at radius 2 is 1.71 bits per heavy atom. The minimum Gasteiger partial charge on any atom is -0.508 e. The number of ether oxygens (including phenoxy) is 1. The second kappa shape index (κ2) is 4.68. The molecule has 1 aliphatic heterocycles. The van der Waals surface area contributed by atoms with Crippen LogP contribution < -0.4 is 4.74 Å². The quantitative estimate of drug-likeness (QED) is 0.592. The minimum atomic E-state index is -1.44. The summed E-state index contributed by atoms with van der Waals surface area (Å²) in [5.41, 5.74) is 0.514. The summed E-state index contributed by atoms with van der Waals surface area (Å²) in [6.07, 6.45) is -2.47. The van der Waals surface area contributed by atoms with Crippen LogP contribution in [0, 0.1) is 0 Å². The van der Waals surface area contributed by atoms with E-state index in [0.717, 1.165) is 0 Å². The van der Waals surface area contributed by atoms with Crippen molar-refractivity contribution in [3.63, 3.8) is 0 Å². The Balaban J connectivity index is 2.05. The van der Waals surface area contributed by atoms with Crippen LogP contribution in [0.5, 0.6) is 23.0 Å². The number of fused-ring (bicyclic) bond motifs is 1. The number of ketones is 1. The molecule has 4 N–H and O–H groups in total. The van der Waals surface area contributed by atoms with E-state index < -0.39 is 18.0 Å². The molecule has 21 heavy (non-hydrogen) atoms. The van der Waals surface area contributed by atoms with Gasteiger partial charge in [-0.2, -0.15) is 0 Å². The highest BCUT2D eigenvalue weighted by molar-refractivity contribution is 6.03. The molecular formula is C15H12O6. The molecule has 1 aliphatic rings. The third kappa shape index (κ3) is 2.15. The van der Waals surface area contributed by atoms with Crippen molar-refractivity contribution in [3.8, 4) is 23.0 Å². The van der Waals surface area contributed by atoms with E-state index in [-0.39, 0.29) is 28.6 Å². The SMILES string of the molecule is O=C1c2ccc(O)cc2O[C@@H](c2ccc(O)c(O)c2)C1O. The number of phenols is 3. The first-order valence-electron chi connectivity index (χ1n) is 6.21. The fourth-order valence-electron chi connectivity index (χ4n) is 2.28. The summed E-state index contributed by atoms with van der Waals surface area (Å²) in [6, 6.07) is 7.88. The van der Waals surface area contributed by atoms with Gasteiger partial charge in [0, 0.05) is 6.07 Å². The maximum absolute atomic E-state index is 12.1. The van der Waals surface area contributed by atoms with Gasteiger partial charge in [0.2, 0.25) is 0 Å². The predicted octanol–water partition coefficient (Wildman–Crippen LogP) is 1.48. The summed E-state index contributed by atoms with van der Waals surface area (Å²) >= 11 is 0. The number of hydrogen-bond acceptors (Lipinski definition) is 6. The number of benzene rings is 2. The van der Waals surface area contributed by atoms with Crippen molar-refractivity contribution in [2.75, 3.05) is 0 Å². The highest BCUT2D eigenvalue weighted by Crippen LogP contribution is 2.38. The number of carbonyl (C=O) groups excluding carboxylic acids is 1. The minimum absolute atomic E-state index is 0.0646. The van der Waals surface area contributed by atoms with E-state index in [1.54, 1.807) is 0 Å². The summed E-state index contributed by atoms with van der Waals surface area (Å²) < 4.78 is 5.55. The lowest BCUT2D eigenvalue weighted by atomic mass is 9.93. The van der Waals surface area contributed by atoms with Crippen molar-refractivity contribution >= 4 is 5.78 Å². The summed E-state index contributed by atoms with van der Waals surface area (Å²) in [5.74, 6) is -1.13. The van der Waals surface area contributed by atoms with Gasteiger partial charge in [-0.3, -0.25) is 4.79 Å². The van der Waals surface area contributed by atoms with E-state index >= 15 is 0 Å². The van der Waals surface area contributed by atoms with E-state index in [1.807, 2.05) is 0 Å². The van der Waals surface area contributed by atoms with E-state index in [2.05, 4.69) is 0 Å². The number of aliphatic hydroxyl groups is 1. The Morgan fingerprint density at radius 1 is 0.952 bits per heavy atom. The van der Waals surface area contributed by atoms with Gasteiger partial charge >= 0.3 is 0 Å². The average Bonchev–Trinajstić information content (AvgIpc) is 2.45. The average molecular weight is 288 g/mol. The van der Waals surface area contributed by atoms with Gasteiger partial charge in [0.25, 0.3) is 0 Å². The lowest BCUT2D eigenvalue weighted by Gasteiger charge is -2.29. The summed E-state index contributed by atoms with van der Waals surface area (Å²) in [7, 11) is 0. The number of rotatable bonds is 1. The number of hydrogen-bond donors (Lipinski definition) is 4. The molecule has 0 amide bonds. The van der Waals surface area contributed by atoms with Gasteiger partial charge in [-0.15, -0.1) is 0 Å². The molecule has 0 fully saturated rings. The zero-order valence-corrected chi connectivity index (χ0v) is 10.7. The molecule has 0 aliphatic carbocycles. The monoisotopic (exact) mass is 288 g/mol. The third-order valence-electron chi connectivity index (χ3n) is 3.37. The third-order valence-corrected chi connectivity index (χ3v) is 3.37. The normalized spacial score (nSPS) is 20.7. The molecule has 0 aromatic heterocycles. The van der Waals surface area contributed by atoms with Crippen LogP contribution in [-0.2, 0) is 0 Å². The standard InChI is InChI=1S/C15H12O6/c16-8-2-3-9-12(6-8)21-15(14(20)13(9)19)7-1-4-10(17)11(18)5-7/h1-6,14-18,20H/t14?,15-/m0/s1. The highest BCUT2D eigenvalue weighted by atomic mass is 16.5. The summed E-state index contributed by atoms with van der Waals surface area (Å²) in [6.45, 7) is 0. The highest BCUT2D eigenvalue weighted by Gasteiger charge is 2.37. The maximum Gasteiger partial charge on any atom is 0.199 e. The Labute approximate surface area is 119 Å². The first-order chi connectivity index (χ1) is 9.97. The molecule has 3 rings (SSSR count). The number of aliphatic hydroxyl groups excluding tert-OH is 1. The van der Waals surface area contributed by atoms with E-state index in [9.17, 15) is 25.2 Å². The van der Waals surface area contributed by atoms with Crippen LogP contribution in [0.25, 0.3) is 0 Å². The van der Waals surface area contributed by atoms with Crippen LogP contribution in [0.1, 0.15) is 22.0 Å². The molecule has 1 heterocycles. The van der Waals surface area contributed by atoms with Gasteiger partial charge in [-0.1, -0.05) is 6.07 Å². The van der Waals surface area contributed by atoms with Gasteiger partial charge in [0.05, 0.1) is 5.56 Å². The number of Topliss-reactive ketones (excluding diaryl/α,β-unsaturated/α-hetero) is 1. The van der Waals surface area contributed by atoms with Crippen molar-refractivity contribution in [1.29, 1.82) is 0 Å². The largest absolute Gasteiger partial charge is 0.508 e. The molecule has 2 aromatic rings. The molecule has 2 aromatic carbocycles.